The molecule has 3 rings (SSSR count). The second-order valence-corrected chi connectivity index (χ2v) is 7.17. The highest BCUT2D eigenvalue weighted by atomic mass is 35.5. The quantitative estimate of drug-likeness (QED) is 0.604. The smallest absolute Gasteiger partial charge is 0.331 e. The average Bonchev–Trinajstić information content (AvgIpc) is 3.39. The maximum atomic E-state index is 14.5. The Hall–Kier alpha value is -2.23. The summed E-state index contributed by atoms with van der Waals surface area (Å²) >= 11 is 5.96. The number of hydrogen-bond acceptors (Lipinski definition) is 2. The average molecular weight is 440 g/mol. The number of amides is 1. The summed E-state index contributed by atoms with van der Waals surface area (Å²) in [4.78, 5) is 14.0. The van der Waals surface area contributed by atoms with E-state index >= 15 is 0 Å². The van der Waals surface area contributed by atoms with Crippen LogP contribution in [0, 0.1) is 5.95 Å². The first kappa shape index (κ1) is 21.5. The number of hydrogen-bond donors (Lipinski definition) is 0. The standard InChI is InChI=1S/C18H16ClF6N3O/c1-27-16(22)15(13(26-27)7-14(20)21)17(29)28(9-5-6-9)8-10-11(18(23,24)25)3-2-4-12(10)19/h2-4,9,14H,5-8H2,1H3. The molecule has 29 heavy (non-hydrogen) atoms. The van der Waals surface area contributed by atoms with Crippen molar-refractivity contribution in [1.82, 2.24) is 14.7 Å². The Morgan fingerprint density at radius 1 is 1.34 bits per heavy atom. The number of aromatic nitrogens is 2. The third kappa shape index (κ3) is 4.52. The van der Waals surface area contributed by atoms with Gasteiger partial charge in [0.15, 0.2) is 0 Å². The monoisotopic (exact) mass is 439 g/mol. The fourth-order valence-electron chi connectivity index (χ4n) is 3.11. The number of carbonyl (C=O) groups excluding carboxylic acids is 1. The summed E-state index contributed by atoms with van der Waals surface area (Å²) in [6.07, 6.45) is -7.52. The van der Waals surface area contributed by atoms with Gasteiger partial charge in [-0.3, -0.25) is 4.79 Å². The van der Waals surface area contributed by atoms with Crippen LogP contribution in [0.3, 0.4) is 0 Å². The van der Waals surface area contributed by atoms with Crippen molar-refractivity contribution in [2.24, 2.45) is 7.05 Å². The Kier molecular flexibility index (Phi) is 5.84. The summed E-state index contributed by atoms with van der Waals surface area (Å²) in [6, 6.07) is 2.80. The molecular weight excluding hydrogens is 424 g/mol. The lowest BCUT2D eigenvalue weighted by molar-refractivity contribution is -0.138. The van der Waals surface area contributed by atoms with Crippen LogP contribution in [0.4, 0.5) is 26.3 Å². The second-order valence-electron chi connectivity index (χ2n) is 6.76. The maximum Gasteiger partial charge on any atom is 0.416 e. The fourth-order valence-corrected chi connectivity index (χ4v) is 3.34. The second kappa shape index (κ2) is 7.89. The van der Waals surface area contributed by atoms with E-state index in [4.69, 9.17) is 11.6 Å². The number of benzene rings is 1. The van der Waals surface area contributed by atoms with Crippen molar-refractivity contribution in [2.75, 3.05) is 0 Å². The molecule has 0 radical (unpaired) electrons. The van der Waals surface area contributed by atoms with Crippen LogP contribution in [0.5, 0.6) is 0 Å². The van der Waals surface area contributed by atoms with Crippen molar-refractivity contribution in [1.29, 1.82) is 0 Å². The fraction of sp³-hybridized carbons (Fsp3) is 0.444. The van der Waals surface area contributed by atoms with Crippen LogP contribution < -0.4 is 0 Å². The van der Waals surface area contributed by atoms with E-state index in [0.29, 0.717) is 17.5 Å². The molecule has 158 valence electrons. The Morgan fingerprint density at radius 3 is 2.55 bits per heavy atom. The van der Waals surface area contributed by atoms with Crippen LogP contribution in [0.15, 0.2) is 18.2 Å². The maximum absolute atomic E-state index is 14.5. The first-order valence-corrected chi connectivity index (χ1v) is 9.03. The molecule has 1 aliphatic carbocycles. The molecule has 0 unspecified atom stereocenters. The van der Waals surface area contributed by atoms with Crippen LogP contribution in [-0.4, -0.2) is 33.1 Å². The van der Waals surface area contributed by atoms with Crippen LogP contribution >= 0.6 is 11.6 Å². The molecule has 0 N–H and O–H groups in total. The molecular formula is C18H16ClF6N3O. The van der Waals surface area contributed by atoms with Gasteiger partial charge in [0.2, 0.25) is 12.4 Å². The summed E-state index contributed by atoms with van der Waals surface area (Å²) in [5.74, 6) is -2.10. The molecule has 1 aromatic heterocycles. The highest BCUT2D eigenvalue weighted by Gasteiger charge is 2.40. The lowest BCUT2D eigenvalue weighted by Gasteiger charge is -2.25. The van der Waals surface area contributed by atoms with Gasteiger partial charge in [-0.2, -0.15) is 22.7 Å². The number of halogens is 7. The number of aryl methyl sites for hydroxylation is 1. The number of carbonyl (C=O) groups is 1. The van der Waals surface area contributed by atoms with Gasteiger partial charge in [0.1, 0.15) is 5.56 Å². The van der Waals surface area contributed by atoms with Gasteiger partial charge < -0.3 is 4.90 Å². The van der Waals surface area contributed by atoms with E-state index in [1.165, 1.54) is 6.07 Å². The van der Waals surface area contributed by atoms with Gasteiger partial charge in [-0.25, -0.2) is 13.5 Å². The Bertz CT molecular complexity index is 923. The van der Waals surface area contributed by atoms with Gasteiger partial charge in [0, 0.05) is 30.2 Å². The normalized spacial score (nSPS) is 14.5. The van der Waals surface area contributed by atoms with Crippen molar-refractivity contribution < 1.29 is 31.1 Å². The molecule has 1 amide bonds. The van der Waals surface area contributed by atoms with Crippen molar-refractivity contribution in [3.8, 4) is 0 Å². The van der Waals surface area contributed by atoms with E-state index < -0.39 is 60.3 Å². The van der Waals surface area contributed by atoms with Crippen LogP contribution in [-0.2, 0) is 26.2 Å². The van der Waals surface area contributed by atoms with Gasteiger partial charge in [-0.1, -0.05) is 17.7 Å². The SMILES string of the molecule is Cn1nc(CC(F)F)c(C(=O)N(Cc2c(Cl)cccc2C(F)(F)F)C2CC2)c1F. The Morgan fingerprint density at radius 2 is 2.00 bits per heavy atom. The lowest BCUT2D eigenvalue weighted by atomic mass is 10.1. The lowest BCUT2D eigenvalue weighted by Crippen LogP contribution is -2.34. The first-order valence-electron chi connectivity index (χ1n) is 8.65. The van der Waals surface area contributed by atoms with E-state index in [1.807, 2.05) is 0 Å². The number of rotatable bonds is 6. The summed E-state index contributed by atoms with van der Waals surface area (Å²) in [5, 5.41) is 3.43. The molecule has 1 aliphatic rings. The van der Waals surface area contributed by atoms with Crippen molar-refractivity contribution >= 4 is 17.5 Å². The minimum atomic E-state index is -4.71. The molecule has 4 nitrogen and oxygen atoms in total. The molecule has 1 fully saturated rings. The van der Waals surface area contributed by atoms with Gasteiger partial charge in [-0.05, 0) is 25.0 Å². The van der Waals surface area contributed by atoms with Crippen LogP contribution in [0.25, 0.3) is 0 Å². The molecule has 11 heteroatoms. The molecule has 0 aliphatic heterocycles. The highest BCUT2D eigenvalue weighted by Crippen LogP contribution is 2.38. The van der Waals surface area contributed by atoms with Gasteiger partial charge in [0.25, 0.3) is 5.91 Å². The molecule has 0 atom stereocenters. The summed E-state index contributed by atoms with van der Waals surface area (Å²) in [7, 11) is 1.15. The highest BCUT2D eigenvalue weighted by molar-refractivity contribution is 6.31. The molecule has 1 saturated carbocycles. The number of nitrogens with zero attached hydrogens (tertiary/aromatic N) is 3. The van der Waals surface area contributed by atoms with Crippen molar-refractivity contribution in [2.45, 2.75) is 44.5 Å². The summed E-state index contributed by atoms with van der Waals surface area (Å²) in [5.41, 5.74) is -2.43. The predicted molar refractivity (Wildman–Crippen MR) is 92.2 cm³/mol. The van der Waals surface area contributed by atoms with Crippen LogP contribution in [0.2, 0.25) is 5.02 Å². The topological polar surface area (TPSA) is 38.1 Å². The Balaban J connectivity index is 2.01. The van der Waals surface area contributed by atoms with Gasteiger partial charge >= 0.3 is 6.18 Å². The van der Waals surface area contributed by atoms with E-state index in [0.717, 1.165) is 24.1 Å². The zero-order chi connectivity index (χ0) is 21.5. The summed E-state index contributed by atoms with van der Waals surface area (Å²) < 4.78 is 80.9. The zero-order valence-corrected chi connectivity index (χ0v) is 15.9. The molecule has 1 heterocycles. The van der Waals surface area contributed by atoms with E-state index in [2.05, 4.69) is 5.10 Å². The van der Waals surface area contributed by atoms with E-state index in [9.17, 15) is 31.1 Å². The largest absolute Gasteiger partial charge is 0.416 e. The number of alkyl halides is 5. The van der Waals surface area contributed by atoms with Gasteiger partial charge in [-0.15, -0.1) is 0 Å². The van der Waals surface area contributed by atoms with Crippen molar-refractivity contribution in [3.05, 3.63) is 51.6 Å². The van der Waals surface area contributed by atoms with Crippen LogP contribution in [0.1, 0.15) is 40.0 Å². The van der Waals surface area contributed by atoms with E-state index in [1.54, 1.807) is 0 Å². The Labute approximate surface area is 167 Å². The first-order chi connectivity index (χ1) is 13.5. The van der Waals surface area contributed by atoms with Crippen molar-refractivity contribution in [3.63, 3.8) is 0 Å². The third-order valence-corrected chi connectivity index (χ3v) is 4.97. The molecule has 0 saturated heterocycles. The van der Waals surface area contributed by atoms with Gasteiger partial charge in [0.05, 0.1) is 17.7 Å². The summed E-state index contributed by atoms with van der Waals surface area (Å²) in [6.45, 7) is -0.527. The van der Waals surface area contributed by atoms with E-state index in [-0.39, 0.29) is 10.6 Å². The zero-order valence-electron chi connectivity index (χ0n) is 15.1. The molecule has 2 aromatic rings. The third-order valence-electron chi connectivity index (χ3n) is 4.61. The minimum absolute atomic E-state index is 0.197. The molecule has 0 spiro atoms. The molecule has 1 aromatic carbocycles. The predicted octanol–water partition coefficient (Wildman–Crippen LogP) is 4.84. The molecule has 0 bridgehead atoms. The minimum Gasteiger partial charge on any atom is -0.331 e.